The van der Waals surface area contributed by atoms with E-state index in [0.29, 0.717) is 22.7 Å². The van der Waals surface area contributed by atoms with Crippen LogP contribution in [0.5, 0.6) is 0 Å². The minimum Gasteiger partial charge on any atom is -0.337 e. The van der Waals surface area contributed by atoms with Crippen molar-refractivity contribution in [2.45, 2.75) is 20.3 Å². The molecule has 1 aliphatic rings. The maximum atomic E-state index is 12.2. The smallest absolute Gasteiger partial charge is 0.272 e. The zero-order chi connectivity index (χ0) is 12.4. The van der Waals surface area contributed by atoms with Gasteiger partial charge in [-0.05, 0) is 30.4 Å². The minimum absolute atomic E-state index is 0.00843. The van der Waals surface area contributed by atoms with Crippen molar-refractivity contribution in [3.05, 3.63) is 29.0 Å². The van der Waals surface area contributed by atoms with Crippen molar-refractivity contribution in [3.8, 4) is 0 Å². The summed E-state index contributed by atoms with van der Waals surface area (Å²) < 4.78 is 0. The Balaban J connectivity index is 2.14. The third kappa shape index (κ3) is 2.97. The highest BCUT2D eigenvalue weighted by atomic mass is 35.5. The summed E-state index contributed by atoms with van der Waals surface area (Å²) in [5.74, 6) is 1.11. The number of nitrogens with zero attached hydrogens (tertiary/aromatic N) is 2. The lowest BCUT2D eigenvalue weighted by Gasteiger charge is -2.34. The number of halogens is 1. The fourth-order valence-corrected chi connectivity index (χ4v) is 2.68. The maximum Gasteiger partial charge on any atom is 0.272 e. The van der Waals surface area contributed by atoms with Crippen molar-refractivity contribution in [2.75, 3.05) is 13.1 Å². The molecular formula is C13H17ClN2O. The number of rotatable bonds is 1. The van der Waals surface area contributed by atoms with Gasteiger partial charge in [0.2, 0.25) is 0 Å². The Morgan fingerprint density at radius 2 is 2.00 bits per heavy atom. The van der Waals surface area contributed by atoms with Crippen molar-refractivity contribution < 1.29 is 4.79 Å². The number of piperidine rings is 1. The molecule has 0 bridgehead atoms. The molecule has 2 rings (SSSR count). The Bertz CT molecular complexity index is 412. The average Bonchev–Trinajstić information content (AvgIpc) is 2.26. The normalized spacial score (nSPS) is 24.8. The molecule has 1 aliphatic heterocycles. The summed E-state index contributed by atoms with van der Waals surface area (Å²) in [6.45, 7) is 6.00. The zero-order valence-electron chi connectivity index (χ0n) is 10.2. The number of hydrogen-bond donors (Lipinski definition) is 0. The predicted molar refractivity (Wildman–Crippen MR) is 68.1 cm³/mol. The van der Waals surface area contributed by atoms with Gasteiger partial charge in [0.25, 0.3) is 5.91 Å². The van der Waals surface area contributed by atoms with Crippen LogP contribution in [0.3, 0.4) is 0 Å². The predicted octanol–water partition coefficient (Wildman–Crippen LogP) is 2.85. The van der Waals surface area contributed by atoms with Crippen molar-refractivity contribution in [1.82, 2.24) is 9.88 Å². The van der Waals surface area contributed by atoms with Gasteiger partial charge in [-0.1, -0.05) is 31.5 Å². The van der Waals surface area contributed by atoms with Crippen LogP contribution in [0.1, 0.15) is 30.8 Å². The number of hydrogen-bond acceptors (Lipinski definition) is 2. The second-order valence-corrected chi connectivity index (χ2v) is 5.39. The molecule has 0 aliphatic carbocycles. The highest BCUT2D eigenvalue weighted by Crippen LogP contribution is 2.22. The number of aromatic nitrogens is 1. The lowest BCUT2D eigenvalue weighted by Crippen LogP contribution is -2.42. The SMILES string of the molecule is CC1CC(C)CN(C(=O)c2cccc(Cl)n2)C1. The van der Waals surface area contributed by atoms with Crippen LogP contribution < -0.4 is 0 Å². The van der Waals surface area contributed by atoms with E-state index in [1.54, 1.807) is 18.2 Å². The van der Waals surface area contributed by atoms with Gasteiger partial charge in [0.15, 0.2) is 0 Å². The van der Waals surface area contributed by atoms with Crippen LogP contribution in [0, 0.1) is 11.8 Å². The van der Waals surface area contributed by atoms with Gasteiger partial charge in [0.05, 0.1) is 0 Å². The fourth-order valence-electron chi connectivity index (χ4n) is 2.52. The van der Waals surface area contributed by atoms with Crippen LogP contribution in [-0.4, -0.2) is 28.9 Å². The lowest BCUT2D eigenvalue weighted by atomic mass is 9.92. The second kappa shape index (κ2) is 5.05. The molecule has 4 heteroatoms. The summed E-state index contributed by atoms with van der Waals surface area (Å²) in [5, 5.41) is 0.369. The molecule has 1 aromatic heterocycles. The standard InChI is InChI=1S/C13H17ClN2O/c1-9-6-10(2)8-16(7-9)13(17)11-4-3-5-12(14)15-11/h3-5,9-10H,6-8H2,1-2H3. The Hall–Kier alpha value is -1.09. The van der Waals surface area contributed by atoms with Crippen LogP contribution in [-0.2, 0) is 0 Å². The third-order valence-corrected chi connectivity index (χ3v) is 3.30. The maximum absolute atomic E-state index is 12.2. The van der Waals surface area contributed by atoms with Crippen LogP contribution in [0.2, 0.25) is 5.15 Å². The van der Waals surface area contributed by atoms with Gasteiger partial charge in [0.1, 0.15) is 10.8 Å². The van der Waals surface area contributed by atoms with Gasteiger partial charge in [-0.25, -0.2) is 4.98 Å². The number of amides is 1. The first kappa shape index (κ1) is 12.4. The minimum atomic E-state index is -0.00843. The molecule has 0 spiro atoms. The van der Waals surface area contributed by atoms with E-state index in [9.17, 15) is 4.79 Å². The van der Waals surface area contributed by atoms with E-state index in [2.05, 4.69) is 18.8 Å². The summed E-state index contributed by atoms with van der Waals surface area (Å²) in [5.41, 5.74) is 0.443. The number of carbonyl (C=O) groups excluding carboxylic acids is 1. The van der Waals surface area contributed by atoms with Crippen LogP contribution in [0.15, 0.2) is 18.2 Å². The van der Waals surface area contributed by atoms with Crippen LogP contribution >= 0.6 is 11.6 Å². The summed E-state index contributed by atoms with van der Waals surface area (Å²) in [7, 11) is 0. The summed E-state index contributed by atoms with van der Waals surface area (Å²) in [6, 6.07) is 5.16. The van der Waals surface area contributed by atoms with E-state index >= 15 is 0 Å². The van der Waals surface area contributed by atoms with E-state index < -0.39 is 0 Å². The molecule has 1 fully saturated rings. The molecule has 17 heavy (non-hydrogen) atoms. The average molecular weight is 253 g/mol. The van der Waals surface area contributed by atoms with Gasteiger partial charge in [-0.15, -0.1) is 0 Å². The lowest BCUT2D eigenvalue weighted by molar-refractivity contribution is 0.0617. The van der Waals surface area contributed by atoms with Gasteiger partial charge in [0, 0.05) is 13.1 Å². The largest absolute Gasteiger partial charge is 0.337 e. The van der Waals surface area contributed by atoms with E-state index in [1.165, 1.54) is 6.42 Å². The van der Waals surface area contributed by atoms with Crippen molar-refractivity contribution >= 4 is 17.5 Å². The Morgan fingerprint density at radius 3 is 2.59 bits per heavy atom. The molecule has 0 radical (unpaired) electrons. The van der Waals surface area contributed by atoms with Crippen molar-refractivity contribution in [1.29, 1.82) is 0 Å². The first-order valence-electron chi connectivity index (χ1n) is 5.98. The van der Waals surface area contributed by atoms with Crippen LogP contribution in [0.4, 0.5) is 0 Å². The summed E-state index contributed by atoms with van der Waals surface area (Å²) in [6.07, 6.45) is 1.19. The number of likely N-dealkylation sites (tertiary alicyclic amines) is 1. The Morgan fingerprint density at radius 1 is 1.35 bits per heavy atom. The van der Waals surface area contributed by atoms with Crippen molar-refractivity contribution in [3.63, 3.8) is 0 Å². The second-order valence-electron chi connectivity index (χ2n) is 5.00. The van der Waals surface area contributed by atoms with Crippen molar-refractivity contribution in [2.24, 2.45) is 11.8 Å². The Labute approximate surface area is 107 Å². The molecular weight excluding hydrogens is 236 g/mol. The first-order valence-corrected chi connectivity index (χ1v) is 6.36. The number of pyridine rings is 1. The fraction of sp³-hybridized carbons (Fsp3) is 0.538. The summed E-state index contributed by atoms with van der Waals surface area (Å²) >= 11 is 5.80. The van der Waals surface area contributed by atoms with Crippen LogP contribution in [0.25, 0.3) is 0 Å². The van der Waals surface area contributed by atoms with E-state index in [-0.39, 0.29) is 5.91 Å². The first-order chi connectivity index (χ1) is 8.06. The summed E-state index contributed by atoms with van der Waals surface area (Å²) in [4.78, 5) is 18.2. The van der Waals surface area contributed by atoms with Gasteiger partial charge in [-0.3, -0.25) is 4.79 Å². The van der Waals surface area contributed by atoms with E-state index in [0.717, 1.165) is 13.1 Å². The molecule has 2 heterocycles. The molecule has 0 saturated carbocycles. The van der Waals surface area contributed by atoms with Gasteiger partial charge < -0.3 is 4.90 Å². The third-order valence-electron chi connectivity index (χ3n) is 3.09. The molecule has 3 nitrogen and oxygen atoms in total. The quantitative estimate of drug-likeness (QED) is 0.720. The highest BCUT2D eigenvalue weighted by Gasteiger charge is 2.26. The molecule has 0 aromatic carbocycles. The highest BCUT2D eigenvalue weighted by molar-refractivity contribution is 6.29. The molecule has 0 N–H and O–H groups in total. The van der Waals surface area contributed by atoms with Gasteiger partial charge in [-0.2, -0.15) is 0 Å². The molecule has 1 saturated heterocycles. The van der Waals surface area contributed by atoms with Gasteiger partial charge >= 0.3 is 0 Å². The molecule has 92 valence electrons. The molecule has 1 aromatic rings. The zero-order valence-corrected chi connectivity index (χ0v) is 10.9. The molecule has 1 amide bonds. The Kier molecular flexibility index (Phi) is 3.67. The van der Waals surface area contributed by atoms with E-state index in [4.69, 9.17) is 11.6 Å². The number of carbonyl (C=O) groups is 1. The topological polar surface area (TPSA) is 33.2 Å². The monoisotopic (exact) mass is 252 g/mol. The molecule has 2 unspecified atom stereocenters. The van der Waals surface area contributed by atoms with E-state index in [1.807, 2.05) is 4.90 Å². The molecule has 2 atom stereocenters.